The van der Waals surface area contributed by atoms with Crippen LogP contribution in [0.2, 0.25) is 0 Å². The number of sulfonamides is 1. The van der Waals surface area contributed by atoms with Gasteiger partial charge in [-0.2, -0.15) is 0 Å². The lowest BCUT2D eigenvalue weighted by atomic mass is 10.1. The molecule has 1 heterocycles. The summed E-state index contributed by atoms with van der Waals surface area (Å²) < 4.78 is 41.8. The van der Waals surface area contributed by atoms with E-state index in [0.29, 0.717) is 16.8 Å². The van der Waals surface area contributed by atoms with Crippen molar-refractivity contribution in [2.45, 2.75) is 4.90 Å². The number of amides is 1. The fraction of sp³-hybridized carbons (Fsp3) is 0. The van der Waals surface area contributed by atoms with Gasteiger partial charge in [-0.1, -0.05) is 0 Å². The van der Waals surface area contributed by atoms with Crippen molar-refractivity contribution in [1.29, 1.82) is 0 Å². The van der Waals surface area contributed by atoms with E-state index in [4.69, 9.17) is 9.56 Å². The second-order valence-corrected chi connectivity index (χ2v) is 8.36. The molecule has 8 nitrogen and oxygen atoms in total. The van der Waals surface area contributed by atoms with Crippen molar-refractivity contribution in [2.75, 3.05) is 5.32 Å². The van der Waals surface area contributed by atoms with Crippen LogP contribution in [0.4, 0.5) is 15.8 Å². The van der Waals surface area contributed by atoms with Crippen molar-refractivity contribution in [1.82, 2.24) is 0 Å². The van der Waals surface area contributed by atoms with E-state index >= 15 is 0 Å². The van der Waals surface area contributed by atoms with Gasteiger partial charge in [0, 0.05) is 17.1 Å². The monoisotopic (exact) mass is 453 g/mol. The zero-order chi connectivity index (χ0) is 22.9. The summed E-state index contributed by atoms with van der Waals surface area (Å²) in [6.45, 7) is 0. The number of phenolic OH excluding ortho intramolecular Hbond substituents is 1. The highest BCUT2D eigenvalue weighted by Gasteiger charge is 2.14. The number of fused-ring (bicyclic) bond motifs is 1. The molecule has 4 N–H and O–H groups in total. The maximum atomic E-state index is 13.2. The van der Waals surface area contributed by atoms with Gasteiger partial charge in [-0.3, -0.25) is 4.79 Å². The molecule has 3 aromatic carbocycles. The van der Waals surface area contributed by atoms with E-state index in [9.17, 15) is 22.7 Å². The van der Waals surface area contributed by atoms with Gasteiger partial charge in [0.2, 0.25) is 15.6 Å². The average molecular weight is 453 g/mol. The Balaban J connectivity index is 1.82. The summed E-state index contributed by atoms with van der Waals surface area (Å²) in [5.41, 5.74) is 0.944. The van der Waals surface area contributed by atoms with E-state index in [-0.39, 0.29) is 27.3 Å². The van der Waals surface area contributed by atoms with Crippen LogP contribution in [0.5, 0.6) is 5.75 Å². The number of carbonyl (C=O) groups excluding carboxylic acids is 1. The van der Waals surface area contributed by atoms with E-state index in [1.807, 2.05) is 0 Å². The van der Waals surface area contributed by atoms with Gasteiger partial charge in [-0.05, 0) is 66.7 Å². The minimum absolute atomic E-state index is 0.0341. The number of benzene rings is 3. The number of halogens is 1. The van der Waals surface area contributed by atoms with Crippen molar-refractivity contribution < 1.29 is 27.1 Å². The van der Waals surface area contributed by atoms with Crippen LogP contribution in [-0.4, -0.2) is 19.4 Å². The highest BCUT2D eigenvalue weighted by molar-refractivity contribution is 7.89. The van der Waals surface area contributed by atoms with Crippen LogP contribution in [0.3, 0.4) is 0 Å². The molecule has 0 unspecified atom stereocenters. The van der Waals surface area contributed by atoms with Gasteiger partial charge in [0.05, 0.1) is 10.6 Å². The summed E-state index contributed by atoms with van der Waals surface area (Å²) in [6, 6.07) is 16.5. The molecule has 4 aromatic rings. The first-order valence-electron chi connectivity index (χ1n) is 9.20. The second kappa shape index (κ2) is 8.25. The first kappa shape index (κ1) is 21.2. The van der Waals surface area contributed by atoms with E-state index in [1.54, 1.807) is 6.07 Å². The SMILES string of the molecule is NS(=O)(=O)c1ccc(N=c2oc3cc(O)ccc3cc2C(=O)Nc2ccc(F)cc2)cc1. The molecule has 0 bridgehead atoms. The van der Waals surface area contributed by atoms with Crippen LogP contribution >= 0.6 is 0 Å². The Bertz CT molecular complexity index is 1500. The predicted octanol–water partition coefficient (Wildman–Crippen LogP) is 3.41. The van der Waals surface area contributed by atoms with Crippen molar-refractivity contribution in [3.8, 4) is 5.75 Å². The molecule has 0 radical (unpaired) electrons. The van der Waals surface area contributed by atoms with Gasteiger partial charge in [0.25, 0.3) is 5.91 Å². The Morgan fingerprint density at radius 1 is 1.00 bits per heavy atom. The largest absolute Gasteiger partial charge is 0.508 e. The lowest BCUT2D eigenvalue weighted by molar-refractivity contribution is 0.102. The molecule has 0 aliphatic heterocycles. The van der Waals surface area contributed by atoms with Gasteiger partial charge in [-0.15, -0.1) is 0 Å². The number of aromatic hydroxyl groups is 1. The van der Waals surface area contributed by atoms with E-state index in [2.05, 4.69) is 10.3 Å². The molecule has 0 spiro atoms. The molecule has 0 saturated heterocycles. The molecule has 4 rings (SSSR count). The fourth-order valence-corrected chi connectivity index (χ4v) is 3.43. The van der Waals surface area contributed by atoms with E-state index in [0.717, 1.165) is 0 Å². The number of nitrogens with two attached hydrogens (primary N) is 1. The lowest BCUT2D eigenvalue weighted by Crippen LogP contribution is -2.21. The number of anilines is 1. The topological polar surface area (TPSA) is 135 Å². The lowest BCUT2D eigenvalue weighted by Gasteiger charge is -2.07. The first-order chi connectivity index (χ1) is 15.2. The van der Waals surface area contributed by atoms with Crippen molar-refractivity contribution in [3.63, 3.8) is 0 Å². The third-order valence-corrected chi connectivity index (χ3v) is 5.41. The Kier molecular flexibility index (Phi) is 5.47. The third kappa shape index (κ3) is 4.66. The molecule has 32 heavy (non-hydrogen) atoms. The Labute approximate surface area is 181 Å². The maximum Gasteiger partial charge on any atom is 0.261 e. The molecule has 0 saturated carbocycles. The van der Waals surface area contributed by atoms with Gasteiger partial charge in [-0.25, -0.2) is 22.9 Å². The minimum atomic E-state index is -3.87. The first-order valence-corrected chi connectivity index (χ1v) is 10.7. The van der Waals surface area contributed by atoms with Gasteiger partial charge < -0.3 is 14.8 Å². The number of rotatable bonds is 4. The molecular formula is C22H16FN3O5S. The van der Waals surface area contributed by atoms with Crippen molar-refractivity contribution in [3.05, 3.63) is 89.7 Å². The number of hydrogen-bond donors (Lipinski definition) is 3. The molecule has 0 atom stereocenters. The summed E-state index contributed by atoms with van der Waals surface area (Å²) in [5.74, 6) is -1.04. The van der Waals surface area contributed by atoms with Crippen LogP contribution in [0, 0.1) is 5.82 Å². The Morgan fingerprint density at radius 2 is 1.69 bits per heavy atom. The molecule has 10 heteroatoms. The molecule has 1 amide bonds. The fourth-order valence-electron chi connectivity index (χ4n) is 2.91. The number of primary sulfonamides is 1. The highest BCUT2D eigenvalue weighted by Crippen LogP contribution is 2.21. The standard InChI is InChI=1S/C22H16FN3O5S/c23-14-2-4-15(5-3-14)25-21(28)19-11-13-1-8-17(27)12-20(13)31-22(19)26-16-6-9-18(10-7-16)32(24,29)30/h1-12,27H,(H,25,28)(H2,24,29,30). The molecule has 162 valence electrons. The quantitative estimate of drug-likeness (QED) is 0.435. The Morgan fingerprint density at radius 3 is 2.34 bits per heavy atom. The molecular weight excluding hydrogens is 437 g/mol. The van der Waals surface area contributed by atoms with Crippen molar-refractivity contribution in [2.24, 2.45) is 10.1 Å². The Hall–Kier alpha value is -4.02. The number of carbonyl (C=O) groups is 1. The molecule has 0 fully saturated rings. The van der Waals surface area contributed by atoms with E-state index < -0.39 is 21.7 Å². The maximum absolute atomic E-state index is 13.2. The summed E-state index contributed by atoms with van der Waals surface area (Å²) in [7, 11) is -3.87. The summed E-state index contributed by atoms with van der Waals surface area (Å²) in [4.78, 5) is 17.2. The van der Waals surface area contributed by atoms with Crippen molar-refractivity contribution >= 4 is 38.3 Å². The van der Waals surface area contributed by atoms with Gasteiger partial charge in [0.15, 0.2) is 0 Å². The van der Waals surface area contributed by atoms with Crippen LogP contribution in [0.1, 0.15) is 10.4 Å². The van der Waals surface area contributed by atoms with E-state index in [1.165, 1.54) is 66.7 Å². The predicted molar refractivity (Wildman–Crippen MR) is 115 cm³/mol. The average Bonchev–Trinajstić information content (AvgIpc) is 2.74. The number of nitrogens with zero attached hydrogens (tertiary/aromatic N) is 1. The van der Waals surface area contributed by atoms with Crippen LogP contribution < -0.4 is 16.0 Å². The summed E-state index contributed by atoms with van der Waals surface area (Å²) in [6.07, 6.45) is 0. The number of hydrogen-bond acceptors (Lipinski definition) is 6. The van der Waals surface area contributed by atoms with Crippen LogP contribution in [0.15, 0.2) is 87.1 Å². The van der Waals surface area contributed by atoms with Gasteiger partial charge in [0.1, 0.15) is 22.7 Å². The normalized spacial score (nSPS) is 12.1. The highest BCUT2D eigenvalue weighted by atomic mass is 32.2. The smallest absolute Gasteiger partial charge is 0.261 e. The zero-order valence-corrected chi connectivity index (χ0v) is 17.1. The minimum Gasteiger partial charge on any atom is -0.508 e. The number of phenols is 1. The summed E-state index contributed by atoms with van der Waals surface area (Å²) in [5, 5.41) is 18.0. The molecule has 0 aliphatic rings. The number of nitrogens with one attached hydrogen (secondary N) is 1. The second-order valence-electron chi connectivity index (χ2n) is 6.80. The van der Waals surface area contributed by atoms with Crippen LogP contribution in [-0.2, 0) is 10.0 Å². The third-order valence-electron chi connectivity index (χ3n) is 4.48. The van der Waals surface area contributed by atoms with Crippen LogP contribution in [0.25, 0.3) is 11.0 Å². The molecule has 1 aromatic heterocycles. The zero-order valence-electron chi connectivity index (χ0n) is 16.3. The molecule has 0 aliphatic carbocycles. The summed E-state index contributed by atoms with van der Waals surface area (Å²) >= 11 is 0. The van der Waals surface area contributed by atoms with Gasteiger partial charge >= 0.3 is 0 Å².